The summed E-state index contributed by atoms with van der Waals surface area (Å²) in [5.74, 6) is 0.257. The lowest BCUT2D eigenvalue weighted by atomic mass is 10.2. The number of nitrogens with two attached hydrogens (primary N) is 1. The minimum Gasteiger partial charge on any atom is -0.382 e. The Morgan fingerprint density at radius 3 is 3.10 bits per heavy atom. The van der Waals surface area contributed by atoms with Gasteiger partial charge in [0, 0.05) is 18.8 Å². The van der Waals surface area contributed by atoms with Gasteiger partial charge < -0.3 is 16.0 Å². The Morgan fingerprint density at radius 1 is 1.48 bits per heavy atom. The van der Waals surface area contributed by atoms with Crippen LogP contribution in [0.3, 0.4) is 0 Å². The summed E-state index contributed by atoms with van der Waals surface area (Å²) >= 11 is 1.33. The molecule has 1 amide bonds. The Balaban J connectivity index is 1.85. The van der Waals surface area contributed by atoms with Crippen molar-refractivity contribution in [1.29, 1.82) is 0 Å². The molecule has 3 rings (SSSR count). The Hall–Kier alpha value is -2.08. The number of benzene rings is 1. The van der Waals surface area contributed by atoms with Gasteiger partial charge >= 0.3 is 0 Å². The molecule has 6 heteroatoms. The van der Waals surface area contributed by atoms with Crippen molar-refractivity contribution in [3.63, 3.8) is 0 Å². The fraction of sp³-hybridized carbons (Fsp3) is 0.333. The van der Waals surface area contributed by atoms with Gasteiger partial charge in [-0.3, -0.25) is 4.79 Å². The van der Waals surface area contributed by atoms with Crippen LogP contribution in [0.2, 0.25) is 0 Å². The molecule has 0 bridgehead atoms. The molecule has 2 heterocycles. The standard InChI is InChI=1S/C15H18N4OS/c1-2-8-17-15-18-13(16)12(21-15)14(20)19-9-7-10-5-3-4-6-11(10)19/h3-6H,2,7-9,16H2,1H3,(H,17,18). The minimum atomic E-state index is -0.0560. The molecule has 3 N–H and O–H groups in total. The Kier molecular flexibility index (Phi) is 3.79. The van der Waals surface area contributed by atoms with Crippen molar-refractivity contribution in [3.05, 3.63) is 34.7 Å². The van der Waals surface area contributed by atoms with Crippen LogP contribution in [0.5, 0.6) is 0 Å². The number of nitrogens with one attached hydrogen (secondary N) is 1. The second-order valence-electron chi connectivity index (χ2n) is 5.00. The molecule has 0 spiro atoms. The van der Waals surface area contributed by atoms with Crippen molar-refractivity contribution in [1.82, 2.24) is 4.98 Å². The molecule has 21 heavy (non-hydrogen) atoms. The molecule has 1 aliphatic heterocycles. The van der Waals surface area contributed by atoms with Crippen LogP contribution in [0.25, 0.3) is 0 Å². The van der Waals surface area contributed by atoms with Crippen LogP contribution in [0.15, 0.2) is 24.3 Å². The van der Waals surface area contributed by atoms with E-state index in [9.17, 15) is 4.79 Å². The quantitative estimate of drug-likeness (QED) is 0.911. The van der Waals surface area contributed by atoms with Crippen LogP contribution in [-0.2, 0) is 6.42 Å². The molecular formula is C15H18N4OS. The molecule has 1 aromatic carbocycles. The summed E-state index contributed by atoms with van der Waals surface area (Å²) in [6.07, 6.45) is 1.89. The molecule has 0 aliphatic carbocycles. The highest BCUT2D eigenvalue weighted by Crippen LogP contribution is 2.32. The highest BCUT2D eigenvalue weighted by Gasteiger charge is 2.28. The number of anilines is 3. The highest BCUT2D eigenvalue weighted by molar-refractivity contribution is 7.18. The monoisotopic (exact) mass is 302 g/mol. The van der Waals surface area contributed by atoms with Crippen LogP contribution in [-0.4, -0.2) is 24.0 Å². The van der Waals surface area contributed by atoms with Gasteiger partial charge in [-0.05, 0) is 24.5 Å². The zero-order valence-corrected chi connectivity index (χ0v) is 12.7. The fourth-order valence-corrected chi connectivity index (χ4v) is 3.32. The largest absolute Gasteiger partial charge is 0.382 e. The van der Waals surface area contributed by atoms with Gasteiger partial charge in [-0.1, -0.05) is 36.5 Å². The van der Waals surface area contributed by atoms with Gasteiger partial charge in [0.1, 0.15) is 10.7 Å². The van der Waals surface area contributed by atoms with Gasteiger partial charge in [-0.15, -0.1) is 0 Å². The molecule has 1 aliphatic rings. The van der Waals surface area contributed by atoms with Crippen molar-refractivity contribution in [2.45, 2.75) is 19.8 Å². The molecule has 2 aromatic rings. The van der Waals surface area contributed by atoms with E-state index < -0.39 is 0 Å². The summed E-state index contributed by atoms with van der Waals surface area (Å²) < 4.78 is 0. The van der Waals surface area contributed by atoms with E-state index in [1.54, 1.807) is 4.90 Å². The summed E-state index contributed by atoms with van der Waals surface area (Å²) in [6.45, 7) is 3.61. The van der Waals surface area contributed by atoms with E-state index in [1.165, 1.54) is 16.9 Å². The van der Waals surface area contributed by atoms with Crippen LogP contribution < -0.4 is 16.0 Å². The minimum absolute atomic E-state index is 0.0560. The van der Waals surface area contributed by atoms with Crippen LogP contribution in [0, 0.1) is 0 Å². The van der Waals surface area contributed by atoms with Crippen LogP contribution in [0.4, 0.5) is 16.6 Å². The van der Waals surface area contributed by atoms with Gasteiger partial charge in [0.2, 0.25) is 0 Å². The van der Waals surface area contributed by atoms with Crippen molar-refractivity contribution < 1.29 is 4.79 Å². The predicted octanol–water partition coefficient (Wildman–Crippen LogP) is 2.75. The summed E-state index contributed by atoms with van der Waals surface area (Å²) in [7, 11) is 0. The molecule has 1 aromatic heterocycles. The van der Waals surface area contributed by atoms with Gasteiger partial charge in [0.25, 0.3) is 5.91 Å². The van der Waals surface area contributed by atoms with Crippen LogP contribution in [0.1, 0.15) is 28.6 Å². The number of rotatable bonds is 4. The second kappa shape index (κ2) is 5.73. The third-order valence-electron chi connectivity index (χ3n) is 3.51. The van der Waals surface area contributed by atoms with Crippen molar-refractivity contribution in [2.24, 2.45) is 0 Å². The number of thiazole rings is 1. The molecule has 0 unspecified atom stereocenters. The number of nitrogens with zero attached hydrogens (tertiary/aromatic N) is 2. The number of carbonyl (C=O) groups is 1. The molecule has 0 saturated carbocycles. The summed E-state index contributed by atoms with van der Waals surface area (Å²) in [5, 5.41) is 3.89. The number of aromatic nitrogens is 1. The molecule has 0 radical (unpaired) electrons. The van der Waals surface area contributed by atoms with E-state index in [4.69, 9.17) is 5.73 Å². The van der Waals surface area contributed by atoms with Crippen molar-refractivity contribution >= 4 is 33.9 Å². The molecular weight excluding hydrogens is 284 g/mol. The molecule has 0 atom stereocenters. The number of hydrogen-bond donors (Lipinski definition) is 2. The van der Waals surface area contributed by atoms with E-state index >= 15 is 0 Å². The van der Waals surface area contributed by atoms with Crippen LogP contribution >= 0.6 is 11.3 Å². The first-order valence-corrected chi connectivity index (χ1v) is 7.92. The zero-order chi connectivity index (χ0) is 14.8. The average molecular weight is 302 g/mol. The third kappa shape index (κ3) is 2.58. The molecule has 110 valence electrons. The number of amides is 1. The maximum atomic E-state index is 12.7. The number of fused-ring (bicyclic) bond motifs is 1. The lowest BCUT2D eigenvalue weighted by molar-refractivity contribution is 0.0994. The van der Waals surface area contributed by atoms with Gasteiger partial charge in [-0.25, -0.2) is 4.98 Å². The lowest BCUT2D eigenvalue weighted by Gasteiger charge is -2.16. The van der Waals surface area contributed by atoms with E-state index in [1.807, 2.05) is 18.2 Å². The Labute approximate surface area is 127 Å². The van der Waals surface area contributed by atoms with Crippen molar-refractivity contribution in [3.8, 4) is 0 Å². The molecule has 0 saturated heterocycles. The van der Waals surface area contributed by atoms with E-state index in [2.05, 4.69) is 23.3 Å². The highest BCUT2D eigenvalue weighted by atomic mass is 32.1. The number of para-hydroxylation sites is 1. The molecule has 0 fully saturated rings. The first-order valence-electron chi connectivity index (χ1n) is 7.10. The first kappa shape index (κ1) is 13.9. The van der Waals surface area contributed by atoms with E-state index in [-0.39, 0.29) is 5.91 Å². The van der Waals surface area contributed by atoms with E-state index in [0.717, 1.165) is 25.1 Å². The average Bonchev–Trinajstić information content (AvgIpc) is 3.08. The maximum Gasteiger partial charge on any atom is 0.272 e. The Morgan fingerprint density at radius 2 is 2.29 bits per heavy atom. The summed E-state index contributed by atoms with van der Waals surface area (Å²) in [6, 6.07) is 8.00. The number of carbonyl (C=O) groups excluding carboxylic acids is 1. The van der Waals surface area contributed by atoms with Crippen molar-refractivity contribution in [2.75, 3.05) is 29.0 Å². The molecule has 5 nitrogen and oxygen atoms in total. The maximum absolute atomic E-state index is 12.7. The Bertz CT molecular complexity index is 667. The fourth-order valence-electron chi connectivity index (χ4n) is 2.46. The lowest BCUT2D eigenvalue weighted by Crippen LogP contribution is -2.28. The topological polar surface area (TPSA) is 71.2 Å². The smallest absolute Gasteiger partial charge is 0.272 e. The first-order chi connectivity index (χ1) is 10.2. The SMILES string of the molecule is CCCNc1nc(N)c(C(=O)N2CCc3ccccc32)s1. The third-order valence-corrected chi connectivity index (χ3v) is 4.52. The summed E-state index contributed by atoms with van der Waals surface area (Å²) in [4.78, 5) is 19.3. The normalized spacial score (nSPS) is 13.3. The number of nitrogen functional groups attached to an aromatic ring is 1. The predicted molar refractivity (Wildman–Crippen MR) is 87.1 cm³/mol. The summed E-state index contributed by atoms with van der Waals surface area (Å²) in [5.41, 5.74) is 8.10. The van der Waals surface area contributed by atoms with Gasteiger partial charge in [0.15, 0.2) is 5.13 Å². The van der Waals surface area contributed by atoms with E-state index in [0.29, 0.717) is 22.4 Å². The zero-order valence-electron chi connectivity index (χ0n) is 11.9. The van der Waals surface area contributed by atoms with Gasteiger partial charge in [0.05, 0.1) is 0 Å². The number of hydrogen-bond acceptors (Lipinski definition) is 5. The second-order valence-corrected chi connectivity index (χ2v) is 5.99. The van der Waals surface area contributed by atoms with Gasteiger partial charge in [-0.2, -0.15) is 0 Å².